The van der Waals surface area contributed by atoms with Crippen molar-refractivity contribution in [1.29, 1.82) is 0 Å². The molecule has 7 heteroatoms. The Bertz CT molecular complexity index is 1780. The highest BCUT2D eigenvalue weighted by Crippen LogP contribution is 2.35. The van der Waals surface area contributed by atoms with E-state index in [1.807, 2.05) is 53.2 Å². The summed E-state index contributed by atoms with van der Waals surface area (Å²) in [5.41, 5.74) is 5.46. The van der Waals surface area contributed by atoms with Gasteiger partial charge in [0.05, 0.1) is 11.0 Å². The van der Waals surface area contributed by atoms with Crippen LogP contribution in [0.5, 0.6) is 0 Å². The second-order valence-corrected chi connectivity index (χ2v) is 11.6. The Labute approximate surface area is 243 Å². The van der Waals surface area contributed by atoms with Crippen LogP contribution < -0.4 is 5.56 Å². The molecular formula is C33H31ClN4OS. The molecule has 1 aliphatic rings. The van der Waals surface area contributed by atoms with Crippen LogP contribution >= 0.6 is 23.7 Å². The molecule has 1 fully saturated rings. The molecule has 202 valence electrons. The number of nitrogens with one attached hydrogen (secondary N) is 1. The van der Waals surface area contributed by atoms with Crippen LogP contribution in [0.15, 0.2) is 102 Å². The summed E-state index contributed by atoms with van der Waals surface area (Å²) in [5, 5.41) is 0.979. The third kappa shape index (κ3) is 4.87. The largest absolute Gasteiger partial charge is 0.340 e. The van der Waals surface area contributed by atoms with Crippen molar-refractivity contribution >= 4 is 44.9 Å². The Kier molecular flexibility index (Phi) is 7.32. The number of para-hydroxylation sites is 2. The lowest BCUT2D eigenvalue weighted by Gasteiger charge is -2.29. The number of nitrogens with zero attached hydrogens (tertiary/aromatic N) is 3. The predicted octanol–water partition coefficient (Wildman–Crippen LogP) is 7.48. The van der Waals surface area contributed by atoms with E-state index in [9.17, 15) is 4.79 Å². The third-order valence-corrected chi connectivity index (χ3v) is 9.24. The number of fused-ring (bicyclic) bond motifs is 2. The predicted molar refractivity (Wildman–Crippen MR) is 168 cm³/mol. The number of hydrogen-bond acceptors (Lipinski definition) is 4. The molecule has 0 spiro atoms. The first-order valence-corrected chi connectivity index (χ1v) is 14.4. The minimum absolute atomic E-state index is 0. The quantitative estimate of drug-likeness (QED) is 0.235. The zero-order valence-corrected chi connectivity index (χ0v) is 23.9. The van der Waals surface area contributed by atoms with E-state index in [1.165, 1.54) is 18.4 Å². The summed E-state index contributed by atoms with van der Waals surface area (Å²) in [5.74, 6) is 1.39. The Hall–Kier alpha value is -3.71. The van der Waals surface area contributed by atoms with Gasteiger partial charge in [-0.3, -0.25) is 9.36 Å². The van der Waals surface area contributed by atoms with E-state index in [0.717, 1.165) is 56.0 Å². The van der Waals surface area contributed by atoms with Gasteiger partial charge in [-0.05, 0) is 79.9 Å². The fourth-order valence-corrected chi connectivity index (χ4v) is 6.93. The summed E-state index contributed by atoms with van der Waals surface area (Å²) in [4.78, 5) is 25.9. The minimum atomic E-state index is -0.352. The number of likely N-dealkylation sites (tertiary alicyclic amines) is 1. The highest BCUT2D eigenvalue weighted by atomic mass is 35.5. The number of benzene rings is 3. The number of piperidine rings is 1. The van der Waals surface area contributed by atoms with Gasteiger partial charge in [0.15, 0.2) is 0 Å². The van der Waals surface area contributed by atoms with Crippen molar-refractivity contribution in [2.75, 3.05) is 20.1 Å². The average molecular weight is 567 g/mol. The van der Waals surface area contributed by atoms with E-state index in [-0.39, 0.29) is 24.0 Å². The van der Waals surface area contributed by atoms with Crippen molar-refractivity contribution in [3.63, 3.8) is 0 Å². The van der Waals surface area contributed by atoms with E-state index in [0.29, 0.717) is 5.92 Å². The molecule has 0 saturated carbocycles. The van der Waals surface area contributed by atoms with Gasteiger partial charge in [-0.1, -0.05) is 66.7 Å². The van der Waals surface area contributed by atoms with E-state index < -0.39 is 0 Å². The molecule has 3 aromatic carbocycles. The molecule has 0 aliphatic carbocycles. The van der Waals surface area contributed by atoms with Gasteiger partial charge in [0, 0.05) is 16.5 Å². The van der Waals surface area contributed by atoms with Crippen LogP contribution in [0.4, 0.5) is 0 Å². The minimum Gasteiger partial charge on any atom is -0.340 e. The smallest absolute Gasteiger partial charge is 0.269 e. The van der Waals surface area contributed by atoms with Gasteiger partial charge in [-0.15, -0.1) is 23.7 Å². The number of pyridine rings is 1. The number of halogens is 1. The van der Waals surface area contributed by atoms with Gasteiger partial charge in [-0.2, -0.15) is 0 Å². The third-order valence-electron chi connectivity index (χ3n) is 8.05. The maximum Gasteiger partial charge on any atom is 0.269 e. The molecule has 1 atom stereocenters. The molecule has 1 aliphatic heterocycles. The molecule has 0 radical (unpaired) electrons. The number of aromatic nitrogens is 3. The molecule has 7 rings (SSSR count). The number of aromatic amines is 1. The van der Waals surface area contributed by atoms with E-state index >= 15 is 0 Å². The van der Waals surface area contributed by atoms with Crippen molar-refractivity contribution in [2.45, 2.75) is 24.8 Å². The summed E-state index contributed by atoms with van der Waals surface area (Å²) < 4.78 is 2.59. The normalized spacial score (nSPS) is 15.3. The summed E-state index contributed by atoms with van der Waals surface area (Å²) in [6.07, 6.45) is 4.34. The van der Waals surface area contributed by atoms with Crippen LogP contribution in [0.1, 0.15) is 41.8 Å². The molecule has 3 aromatic heterocycles. The molecule has 1 N–H and O–H groups in total. The van der Waals surface area contributed by atoms with Crippen LogP contribution in [0.2, 0.25) is 0 Å². The van der Waals surface area contributed by atoms with Crippen LogP contribution in [0.3, 0.4) is 0 Å². The molecule has 40 heavy (non-hydrogen) atoms. The Morgan fingerprint density at radius 1 is 0.925 bits per heavy atom. The zero-order valence-electron chi connectivity index (χ0n) is 22.3. The molecular weight excluding hydrogens is 536 g/mol. The van der Waals surface area contributed by atoms with Crippen molar-refractivity contribution in [3.05, 3.63) is 124 Å². The topological polar surface area (TPSA) is 53.9 Å². The molecule has 0 bridgehead atoms. The molecule has 5 nitrogen and oxygen atoms in total. The lowest BCUT2D eigenvalue weighted by atomic mass is 9.89. The molecule has 4 heterocycles. The van der Waals surface area contributed by atoms with Crippen LogP contribution in [0.25, 0.3) is 31.6 Å². The SMILES string of the molecule is CN1CCC(c2ccc(-c3cc4ccn(C(c5ccccc5)c5nc6ccccc6[nH]5)c(=O)c4s3)cc2)CC1.Cl. The number of rotatable bonds is 5. The number of H-pyrrole nitrogens is 1. The van der Waals surface area contributed by atoms with Gasteiger partial charge >= 0.3 is 0 Å². The lowest BCUT2D eigenvalue weighted by molar-refractivity contribution is 0.255. The van der Waals surface area contributed by atoms with Crippen LogP contribution in [0, 0.1) is 0 Å². The van der Waals surface area contributed by atoms with Gasteiger partial charge in [0.1, 0.15) is 16.6 Å². The zero-order chi connectivity index (χ0) is 26.3. The summed E-state index contributed by atoms with van der Waals surface area (Å²) in [6, 6.07) is 31.0. The van der Waals surface area contributed by atoms with Crippen LogP contribution in [-0.4, -0.2) is 39.6 Å². The first-order chi connectivity index (χ1) is 19.1. The lowest BCUT2D eigenvalue weighted by Crippen LogP contribution is -2.29. The molecule has 1 saturated heterocycles. The van der Waals surface area contributed by atoms with Crippen LogP contribution in [-0.2, 0) is 0 Å². The second-order valence-electron chi connectivity index (χ2n) is 10.6. The van der Waals surface area contributed by atoms with Crippen molar-refractivity contribution in [1.82, 2.24) is 19.4 Å². The highest BCUT2D eigenvalue weighted by molar-refractivity contribution is 7.22. The second kappa shape index (κ2) is 11.0. The number of hydrogen-bond donors (Lipinski definition) is 1. The molecule has 6 aromatic rings. The van der Waals surface area contributed by atoms with E-state index in [1.54, 1.807) is 11.3 Å². The average Bonchev–Trinajstić information content (AvgIpc) is 3.61. The van der Waals surface area contributed by atoms with Gasteiger partial charge in [0.25, 0.3) is 5.56 Å². The van der Waals surface area contributed by atoms with Crippen molar-refractivity contribution in [3.8, 4) is 10.4 Å². The summed E-state index contributed by atoms with van der Waals surface area (Å²) in [6.45, 7) is 2.32. The van der Waals surface area contributed by atoms with Gasteiger partial charge < -0.3 is 9.88 Å². The van der Waals surface area contributed by atoms with Gasteiger partial charge in [-0.25, -0.2) is 4.98 Å². The maximum atomic E-state index is 14.0. The highest BCUT2D eigenvalue weighted by Gasteiger charge is 2.23. The van der Waals surface area contributed by atoms with E-state index in [4.69, 9.17) is 4.98 Å². The maximum absolute atomic E-state index is 14.0. The fraction of sp³-hybridized carbons (Fsp3) is 0.212. The van der Waals surface area contributed by atoms with Gasteiger partial charge in [0.2, 0.25) is 0 Å². The molecule has 1 unspecified atom stereocenters. The van der Waals surface area contributed by atoms with Crippen molar-refractivity contribution in [2.24, 2.45) is 0 Å². The Balaban J connectivity index is 0.00000289. The molecule has 0 amide bonds. The standard InChI is InChI=1S/C33H30N4OS.ClH/c1-36-18-15-23(16-19-36)22-11-13-24(14-12-22)29-21-26-17-20-37(33(38)31(26)39-29)30(25-7-3-2-4-8-25)32-34-27-9-5-6-10-28(27)35-32;/h2-14,17,20-21,23,30H,15-16,18-19H2,1H3,(H,34,35);1H. The van der Waals surface area contributed by atoms with Crippen molar-refractivity contribution < 1.29 is 0 Å². The summed E-state index contributed by atoms with van der Waals surface area (Å²) >= 11 is 1.58. The fourth-order valence-electron chi connectivity index (χ4n) is 5.84. The monoisotopic (exact) mass is 566 g/mol. The number of imidazole rings is 1. The Morgan fingerprint density at radius 3 is 2.40 bits per heavy atom. The number of thiophene rings is 1. The first-order valence-electron chi connectivity index (χ1n) is 13.6. The Morgan fingerprint density at radius 2 is 1.65 bits per heavy atom. The first kappa shape index (κ1) is 26.5. The van der Waals surface area contributed by atoms with E-state index in [2.05, 4.69) is 65.5 Å². The summed E-state index contributed by atoms with van der Waals surface area (Å²) in [7, 11) is 2.20.